The largest absolute Gasteiger partial charge is 0.352 e. The molecule has 0 spiro atoms. The molecule has 1 atom stereocenters. The maximum absolute atomic E-state index is 13.3. The Morgan fingerprint density at radius 3 is 2.23 bits per heavy atom. The van der Waals surface area contributed by atoms with Crippen molar-refractivity contribution in [2.75, 3.05) is 37.6 Å². The average Bonchev–Trinajstić information content (AvgIpc) is 2.92. The van der Waals surface area contributed by atoms with Gasteiger partial charge in [0.05, 0.1) is 5.69 Å². The summed E-state index contributed by atoms with van der Waals surface area (Å²) in [6.07, 6.45) is 0.714. The molecule has 1 saturated heterocycles. The van der Waals surface area contributed by atoms with Crippen molar-refractivity contribution >= 4 is 17.6 Å². The van der Waals surface area contributed by atoms with Crippen LogP contribution in [0, 0.1) is 5.82 Å². The van der Waals surface area contributed by atoms with Crippen LogP contribution in [0.15, 0.2) is 66.7 Å². The third kappa shape index (κ3) is 5.82. The van der Waals surface area contributed by atoms with Crippen molar-refractivity contribution in [3.8, 4) is 11.3 Å². The lowest BCUT2D eigenvalue weighted by molar-refractivity contribution is -0.132. The zero-order chi connectivity index (χ0) is 24.8. The molecule has 7 nitrogen and oxygen atoms in total. The zero-order valence-electron chi connectivity index (χ0n) is 20.1. The first-order valence-corrected chi connectivity index (χ1v) is 11.9. The number of rotatable bonds is 7. The zero-order valence-corrected chi connectivity index (χ0v) is 20.1. The molecule has 1 aliphatic rings. The van der Waals surface area contributed by atoms with E-state index in [9.17, 15) is 14.0 Å². The number of halogens is 1. The molecule has 1 aromatic heterocycles. The lowest BCUT2D eigenvalue weighted by Gasteiger charge is -2.37. The Hall–Kier alpha value is -3.81. The van der Waals surface area contributed by atoms with Crippen LogP contribution in [0.2, 0.25) is 0 Å². The Balaban J connectivity index is 1.36. The second-order valence-corrected chi connectivity index (χ2v) is 8.71. The summed E-state index contributed by atoms with van der Waals surface area (Å²) >= 11 is 0. The SMILES string of the molecule is CC[C@H](C)N(CC(=O)N1CCN(c2ccc(-c3ccccc3)nn2)CC1)C(=O)c1ccc(F)cc1. The van der Waals surface area contributed by atoms with Gasteiger partial charge in [-0.15, -0.1) is 10.2 Å². The lowest BCUT2D eigenvalue weighted by Crippen LogP contribution is -2.53. The van der Waals surface area contributed by atoms with Gasteiger partial charge in [-0.3, -0.25) is 9.59 Å². The Bertz CT molecular complexity index is 1130. The fourth-order valence-electron chi connectivity index (χ4n) is 4.09. The summed E-state index contributed by atoms with van der Waals surface area (Å²) in [5.41, 5.74) is 2.21. The van der Waals surface area contributed by atoms with Gasteiger partial charge in [-0.2, -0.15) is 0 Å². The van der Waals surface area contributed by atoms with E-state index in [4.69, 9.17) is 0 Å². The Kier molecular flexibility index (Phi) is 7.70. The number of carbonyl (C=O) groups excluding carboxylic acids is 2. The predicted molar refractivity (Wildman–Crippen MR) is 133 cm³/mol. The third-order valence-corrected chi connectivity index (χ3v) is 6.46. The highest BCUT2D eigenvalue weighted by molar-refractivity contribution is 5.96. The minimum absolute atomic E-state index is 0.00318. The van der Waals surface area contributed by atoms with E-state index in [-0.39, 0.29) is 24.4 Å². The first-order valence-electron chi connectivity index (χ1n) is 11.9. The van der Waals surface area contributed by atoms with Gasteiger partial charge < -0.3 is 14.7 Å². The van der Waals surface area contributed by atoms with Crippen LogP contribution in [0.3, 0.4) is 0 Å². The fraction of sp³-hybridized carbons (Fsp3) is 0.333. The number of carbonyl (C=O) groups is 2. The molecular weight excluding hydrogens is 445 g/mol. The molecule has 8 heteroatoms. The van der Waals surface area contributed by atoms with Crippen molar-refractivity contribution in [1.82, 2.24) is 20.0 Å². The van der Waals surface area contributed by atoms with E-state index in [1.165, 1.54) is 24.3 Å². The summed E-state index contributed by atoms with van der Waals surface area (Å²) in [7, 11) is 0. The Labute approximate surface area is 205 Å². The molecule has 2 amide bonds. The minimum Gasteiger partial charge on any atom is -0.352 e. The van der Waals surface area contributed by atoms with Crippen LogP contribution in [0.4, 0.5) is 10.2 Å². The summed E-state index contributed by atoms with van der Waals surface area (Å²) in [4.78, 5) is 31.6. The minimum atomic E-state index is -0.398. The van der Waals surface area contributed by atoms with Gasteiger partial charge in [0.2, 0.25) is 5.91 Å². The van der Waals surface area contributed by atoms with Crippen LogP contribution in [0.25, 0.3) is 11.3 Å². The van der Waals surface area contributed by atoms with Gasteiger partial charge in [-0.25, -0.2) is 4.39 Å². The molecule has 182 valence electrons. The Morgan fingerprint density at radius 1 is 0.943 bits per heavy atom. The molecule has 0 aliphatic carbocycles. The van der Waals surface area contributed by atoms with E-state index >= 15 is 0 Å². The molecule has 0 unspecified atom stereocenters. The van der Waals surface area contributed by atoms with Crippen molar-refractivity contribution < 1.29 is 14.0 Å². The molecule has 3 aromatic rings. The maximum Gasteiger partial charge on any atom is 0.254 e. The lowest BCUT2D eigenvalue weighted by atomic mass is 10.1. The van der Waals surface area contributed by atoms with Crippen molar-refractivity contribution in [2.24, 2.45) is 0 Å². The number of aromatic nitrogens is 2. The number of amides is 2. The molecule has 0 bridgehead atoms. The normalized spacial score (nSPS) is 14.5. The molecule has 2 aromatic carbocycles. The summed E-state index contributed by atoms with van der Waals surface area (Å²) in [6, 6.07) is 19.1. The molecule has 0 N–H and O–H groups in total. The van der Waals surface area contributed by atoms with Crippen molar-refractivity contribution in [2.45, 2.75) is 26.3 Å². The number of anilines is 1. The van der Waals surface area contributed by atoms with Gasteiger partial charge in [0.15, 0.2) is 5.82 Å². The van der Waals surface area contributed by atoms with Crippen molar-refractivity contribution in [3.63, 3.8) is 0 Å². The van der Waals surface area contributed by atoms with Crippen LogP contribution < -0.4 is 4.90 Å². The molecule has 1 fully saturated rings. The number of nitrogens with zero attached hydrogens (tertiary/aromatic N) is 5. The first-order chi connectivity index (χ1) is 17.0. The van der Waals surface area contributed by atoms with Gasteiger partial charge in [-0.05, 0) is 49.7 Å². The van der Waals surface area contributed by atoms with Crippen LogP contribution in [0.5, 0.6) is 0 Å². The quantitative estimate of drug-likeness (QED) is 0.519. The van der Waals surface area contributed by atoms with Crippen molar-refractivity contribution in [1.29, 1.82) is 0 Å². The topological polar surface area (TPSA) is 69.6 Å². The molecule has 2 heterocycles. The van der Waals surface area contributed by atoms with Gasteiger partial charge >= 0.3 is 0 Å². The number of benzene rings is 2. The van der Waals surface area contributed by atoms with Gasteiger partial charge in [0.1, 0.15) is 12.4 Å². The van der Waals surface area contributed by atoms with E-state index in [1.807, 2.05) is 56.3 Å². The molecule has 4 rings (SSSR count). The maximum atomic E-state index is 13.3. The second-order valence-electron chi connectivity index (χ2n) is 8.71. The van der Waals surface area contributed by atoms with E-state index in [1.54, 1.807) is 9.80 Å². The highest BCUT2D eigenvalue weighted by Crippen LogP contribution is 2.19. The summed E-state index contributed by atoms with van der Waals surface area (Å²) in [5.74, 6) is 0.0283. The van der Waals surface area contributed by atoms with Crippen LogP contribution in [0.1, 0.15) is 30.6 Å². The molecule has 0 saturated carbocycles. The van der Waals surface area contributed by atoms with Gasteiger partial charge in [-0.1, -0.05) is 37.3 Å². The van der Waals surface area contributed by atoms with Crippen LogP contribution in [-0.4, -0.2) is 70.6 Å². The van der Waals surface area contributed by atoms with E-state index < -0.39 is 5.82 Å². The van der Waals surface area contributed by atoms with Gasteiger partial charge in [0, 0.05) is 43.3 Å². The first kappa shape index (κ1) is 24.3. The highest BCUT2D eigenvalue weighted by atomic mass is 19.1. The van der Waals surface area contributed by atoms with E-state index in [2.05, 4.69) is 15.1 Å². The number of piperazine rings is 1. The third-order valence-electron chi connectivity index (χ3n) is 6.46. The fourth-order valence-corrected chi connectivity index (χ4v) is 4.09. The molecule has 0 radical (unpaired) electrons. The highest BCUT2D eigenvalue weighted by Gasteiger charge is 2.28. The van der Waals surface area contributed by atoms with E-state index in [0.29, 0.717) is 38.2 Å². The Morgan fingerprint density at radius 2 is 1.63 bits per heavy atom. The average molecular weight is 476 g/mol. The summed E-state index contributed by atoms with van der Waals surface area (Å²) in [6.45, 7) is 6.25. The predicted octanol–water partition coefficient (Wildman–Crippen LogP) is 3.87. The number of hydrogen-bond acceptors (Lipinski definition) is 5. The van der Waals surface area contributed by atoms with E-state index in [0.717, 1.165) is 17.1 Å². The second kappa shape index (κ2) is 11.1. The van der Waals surface area contributed by atoms with Crippen LogP contribution in [-0.2, 0) is 4.79 Å². The standard InChI is InChI=1S/C27H30FN5O2/c1-3-20(2)33(27(35)22-9-11-23(28)12-10-22)19-26(34)32-17-15-31(16-18-32)25-14-13-24(29-30-25)21-7-5-4-6-8-21/h4-14,20H,3,15-19H2,1-2H3/t20-/m0/s1. The molecular formula is C27H30FN5O2. The molecule has 35 heavy (non-hydrogen) atoms. The molecule has 1 aliphatic heterocycles. The summed E-state index contributed by atoms with van der Waals surface area (Å²) < 4.78 is 13.3. The summed E-state index contributed by atoms with van der Waals surface area (Å²) in [5, 5.41) is 8.75. The van der Waals surface area contributed by atoms with Crippen LogP contribution >= 0.6 is 0 Å². The van der Waals surface area contributed by atoms with Crippen molar-refractivity contribution in [3.05, 3.63) is 78.1 Å². The number of hydrogen-bond donors (Lipinski definition) is 0. The van der Waals surface area contributed by atoms with Gasteiger partial charge in [0.25, 0.3) is 5.91 Å². The monoisotopic (exact) mass is 475 g/mol. The smallest absolute Gasteiger partial charge is 0.254 e.